The summed E-state index contributed by atoms with van der Waals surface area (Å²) in [6.45, 7) is 0. The van der Waals surface area contributed by atoms with E-state index >= 15 is 0 Å². The number of amides is 1. The summed E-state index contributed by atoms with van der Waals surface area (Å²) in [5, 5.41) is 18.0. The first-order chi connectivity index (χ1) is 8.75. The van der Waals surface area contributed by atoms with Crippen LogP contribution in [0.15, 0.2) is 18.2 Å². The van der Waals surface area contributed by atoms with E-state index in [9.17, 15) is 23.1 Å². The minimum absolute atomic E-state index is 0.147. The quantitative estimate of drug-likeness (QED) is 0.576. The maximum atomic E-state index is 11.4. The summed E-state index contributed by atoms with van der Waals surface area (Å²) in [6, 6.07) is 3.02. The third-order valence-corrected chi connectivity index (χ3v) is 2.82. The molecule has 1 amide bonds. The van der Waals surface area contributed by atoms with Gasteiger partial charge in [-0.25, -0.2) is 14.3 Å². The molecule has 0 aliphatic carbocycles. The summed E-state index contributed by atoms with van der Waals surface area (Å²) < 4.78 is 30.3. The van der Waals surface area contributed by atoms with Crippen LogP contribution in [-0.2, 0) is 14.9 Å². The second-order valence-electron chi connectivity index (χ2n) is 3.24. The lowest BCUT2D eigenvalue weighted by Gasteiger charge is -2.09. The molecule has 0 spiro atoms. The first kappa shape index (κ1) is 14.6. The molecule has 0 fully saturated rings. The van der Waals surface area contributed by atoms with Crippen LogP contribution in [-0.4, -0.2) is 37.8 Å². The molecule has 10 heteroatoms. The minimum atomic E-state index is -4.25. The van der Waals surface area contributed by atoms with E-state index in [1.54, 1.807) is 0 Å². The molecule has 0 bridgehead atoms. The van der Waals surface area contributed by atoms with E-state index in [0.717, 1.165) is 25.3 Å². The van der Waals surface area contributed by atoms with Crippen molar-refractivity contribution in [1.82, 2.24) is 4.72 Å². The predicted molar refractivity (Wildman–Crippen MR) is 63.1 cm³/mol. The number of rotatable bonds is 4. The number of phenols is 1. The van der Waals surface area contributed by atoms with Crippen LogP contribution in [0, 0.1) is 0 Å². The van der Waals surface area contributed by atoms with E-state index < -0.39 is 33.6 Å². The third-order valence-electron chi connectivity index (χ3n) is 1.88. The summed E-state index contributed by atoms with van der Waals surface area (Å²) >= 11 is 0. The van der Waals surface area contributed by atoms with Crippen molar-refractivity contribution < 1.29 is 33.0 Å². The summed E-state index contributed by atoms with van der Waals surface area (Å²) in [6.07, 6.45) is -1.20. The molecule has 0 aliphatic rings. The largest absolute Gasteiger partial charge is 0.507 e. The summed E-state index contributed by atoms with van der Waals surface area (Å²) in [7, 11) is -3.27. The molecule has 0 saturated carbocycles. The van der Waals surface area contributed by atoms with Crippen molar-refractivity contribution in [3.8, 4) is 5.75 Å². The second-order valence-corrected chi connectivity index (χ2v) is 4.65. The highest BCUT2D eigenvalue weighted by molar-refractivity contribution is 7.91. The number of nitrogens with one attached hydrogen (secondary N) is 2. The lowest BCUT2D eigenvalue weighted by Crippen LogP contribution is -2.35. The SMILES string of the molecule is COC(=O)NS(=O)(=O)Nc1ccc(O)c(C(=O)O)c1. The van der Waals surface area contributed by atoms with E-state index in [2.05, 4.69) is 4.74 Å². The van der Waals surface area contributed by atoms with Gasteiger partial charge in [0.25, 0.3) is 0 Å². The smallest absolute Gasteiger partial charge is 0.422 e. The van der Waals surface area contributed by atoms with Gasteiger partial charge in [0.1, 0.15) is 11.3 Å². The lowest BCUT2D eigenvalue weighted by molar-refractivity contribution is 0.0693. The number of carbonyl (C=O) groups excluding carboxylic acids is 1. The Balaban J connectivity index is 2.97. The van der Waals surface area contributed by atoms with Gasteiger partial charge in [0.2, 0.25) is 0 Å². The zero-order valence-corrected chi connectivity index (χ0v) is 10.4. The number of ether oxygens (including phenoxy) is 1. The maximum absolute atomic E-state index is 11.4. The highest BCUT2D eigenvalue weighted by Gasteiger charge is 2.16. The third kappa shape index (κ3) is 4.03. The molecule has 104 valence electrons. The second kappa shape index (κ2) is 5.44. The standard InChI is InChI=1S/C9H10N2O7S/c1-18-9(15)11-19(16,17)10-5-2-3-7(12)6(4-5)8(13)14/h2-4,10,12H,1H3,(H,11,15)(H,13,14). The molecular formula is C9H10N2O7S. The van der Waals surface area contributed by atoms with Crippen LogP contribution < -0.4 is 9.44 Å². The topological polar surface area (TPSA) is 142 Å². The van der Waals surface area contributed by atoms with E-state index in [4.69, 9.17) is 5.11 Å². The molecule has 0 aliphatic heterocycles. The predicted octanol–water partition coefficient (Wildman–Crippen LogP) is 0.103. The van der Waals surface area contributed by atoms with Crippen LogP contribution in [0.25, 0.3) is 0 Å². The van der Waals surface area contributed by atoms with E-state index in [1.807, 2.05) is 4.72 Å². The molecule has 0 atom stereocenters. The minimum Gasteiger partial charge on any atom is -0.507 e. The van der Waals surface area contributed by atoms with Crippen molar-refractivity contribution in [3.05, 3.63) is 23.8 Å². The van der Waals surface area contributed by atoms with E-state index in [1.165, 1.54) is 4.72 Å². The molecule has 1 aromatic carbocycles. The molecule has 0 aromatic heterocycles. The van der Waals surface area contributed by atoms with Crippen molar-refractivity contribution in [2.75, 3.05) is 11.8 Å². The van der Waals surface area contributed by atoms with Gasteiger partial charge in [0, 0.05) is 0 Å². The fraction of sp³-hybridized carbons (Fsp3) is 0.111. The summed E-state index contributed by atoms with van der Waals surface area (Å²) in [4.78, 5) is 21.5. The molecule has 19 heavy (non-hydrogen) atoms. The Morgan fingerprint density at radius 1 is 1.32 bits per heavy atom. The Labute approximate surface area is 108 Å². The lowest BCUT2D eigenvalue weighted by atomic mass is 10.2. The zero-order valence-electron chi connectivity index (χ0n) is 9.58. The van der Waals surface area contributed by atoms with Gasteiger partial charge in [-0.05, 0) is 18.2 Å². The monoisotopic (exact) mass is 290 g/mol. The van der Waals surface area contributed by atoms with Gasteiger partial charge in [-0.15, -0.1) is 0 Å². The number of carboxylic acids is 1. The van der Waals surface area contributed by atoms with Gasteiger partial charge in [-0.1, -0.05) is 0 Å². The van der Waals surface area contributed by atoms with Gasteiger partial charge < -0.3 is 14.9 Å². The Hall–Kier alpha value is -2.49. The molecular weight excluding hydrogens is 280 g/mol. The van der Waals surface area contributed by atoms with E-state index in [0.29, 0.717) is 0 Å². The van der Waals surface area contributed by atoms with Crippen molar-refractivity contribution in [2.45, 2.75) is 0 Å². The number of benzene rings is 1. The fourth-order valence-corrected chi connectivity index (χ4v) is 1.89. The molecule has 0 saturated heterocycles. The van der Waals surface area contributed by atoms with Crippen LogP contribution in [0.1, 0.15) is 10.4 Å². The van der Waals surface area contributed by atoms with Crippen LogP contribution in [0.5, 0.6) is 5.75 Å². The average molecular weight is 290 g/mol. The number of carbonyl (C=O) groups is 2. The summed E-state index contributed by atoms with van der Waals surface area (Å²) in [5.41, 5.74) is -0.634. The highest BCUT2D eigenvalue weighted by Crippen LogP contribution is 2.21. The van der Waals surface area contributed by atoms with Crippen LogP contribution >= 0.6 is 0 Å². The first-order valence-corrected chi connectivity index (χ1v) is 6.18. The zero-order chi connectivity index (χ0) is 14.6. The number of aromatic carboxylic acids is 1. The number of methoxy groups -OCH3 is 1. The normalized spacial score (nSPS) is 10.6. The van der Waals surface area contributed by atoms with Crippen molar-refractivity contribution in [2.24, 2.45) is 0 Å². The Kier molecular flexibility index (Phi) is 4.17. The van der Waals surface area contributed by atoms with Crippen molar-refractivity contribution in [1.29, 1.82) is 0 Å². The van der Waals surface area contributed by atoms with Gasteiger partial charge >= 0.3 is 22.3 Å². The van der Waals surface area contributed by atoms with Gasteiger partial charge in [0.15, 0.2) is 0 Å². The number of anilines is 1. The van der Waals surface area contributed by atoms with Crippen LogP contribution in [0.4, 0.5) is 10.5 Å². The molecule has 0 radical (unpaired) electrons. The molecule has 1 rings (SSSR count). The van der Waals surface area contributed by atoms with Crippen LogP contribution in [0.2, 0.25) is 0 Å². The number of hydrogen-bond donors (Lipinski definition) is 4. The van der Waals surface area contributed by atoms with Gasteiger partial charge in [0.05, 0.1) is 12.8 Å². The Morgan fingerprint density at radius 2 is 1.95 bits per heavy atom. The molecule has 4 N–H and O–H groups in total. The molecule has 0 heterocycles. The van der Waals surface area contributed by atoms with Gasteiger partial charge in [-0.2, -0.15) is 8.42 Å². The van der Waals surface area contributed by atoms with Crippen molar-refractivity contribution in [3.63, 3.8) is 0 Å². The first-order valence-electron chi connectivity index (χ1n) is 4.70. The maximum Gasteiger partial charge on any atom is 0.422 e. The number of hydrogen-bond acceptors (Lipinski definition) is 6. The van der Waals surface area contributed by atoms with Crippen LogP contribution in [0.3, 0.4) is 0 Å². The van der Waals surface area contributed by atoms with E-state index in [-0.39, 0.29) is 5.69 Å². The molecule has 1 aromatic rings. The molecule has 0 unspecified atom stereocenters. The average Bonchev–Trinajstić information content (AvgIpc) is 2.30. The van der Waals surface area contributed by atoms with Crippen molar-refractivity contribution >= 4 is 28.0 Å². The number of aromatic hydroxyl groups is 1. The highest BCUT2D eigenvalue weighted by atomic mass is 32.2. The molecule has 9 nitrogen and oxygen atoms in total. The fourth-order valence-electron chi connectivity index (χ4n) is 1.10. The number of carboxylic acid groups (broad SMARTS) is 1. The Morgan fingerprint density at radius 3 is 2.47 bits per heavy atom. The summed E-state index contributed by atoms with van der Waals surface area (Å²) in [5.74, 6) is -1.95. The Bertz CT molecular complexity index is 611. The van der Waals surface area contributed by atoms with Gasteiger partial charge in [-0.3, -0.25) is 4.72 Å².